The van der Waals surface area contributed by atoms with E-state index in [1.165, 1.54) is 6.07 Å². The number of benzene rings is 1. The maximum absolute atomic E-state index is 13.4. The highest BCUT2D eigenvalue weighted by Gasteiger charge is 2.18. The van der Waals surface area contributed by atoms with Crippen LogP contribution in [0, 0.1) is 17.6 Å². The Balaban J connectivity index is 2.15. The smallest absolute Gasteiger partial charge is 0.318 e. The molecular formula is C19H26F2N4O. The summed E-state index contributed by atoms with van der Waals surface area (Å²) in [5.41, 5.74) is 0.630. The number of nitrogens with one attached hydrogen (secondary N) is 1. The molecular weight excluding hydrogens is 338 g/mol. The molecule has 0 aliphatic heterocycles. The largest absolute Gasteiger partial charge is 0.336 e. The second kappa shape index (κ2) is 8.78. The Bertz CT molecular complexity index is 743. The molecule has 0 unspecified atom stereocenters. The first-order valence-corrected chi connectivity index (χ1v) is 8.75. The van der Waals surface area contributed by atoms with Gasteiger partial charge in [0, 0.05) is 31.5 Å². The minimum absolute atomic E-state index is 0.0408. The monoisotopic (exact) mass is 364 g/mol. The molecule has 5 nitrogen and oxygen atoms in total. The van der Waals surface area contributed by atoms with Crippen molar-refractivity contribution < 1.29 is 13.6 Å². The molecule has 142 valence electrons. The normalized spacial score (nSPS) is 11.2. The predicted octanol–water partition coefficient (Wildman–Crippen LogP) is 3.79. The van der Waals surface area contributed by atoms with Crippen LogP contribution in [0.1, 0.15) is 39.1 Å². The average Bonchev–Trinajstić information content (AvgIpc) is 2.96. The van der Waals surface area contributed by atoms with Crippen molar-refractivity contribution in [2.24, 2.45) is 5.92 Å². The number of carbonyl (C=O) groups is 1. The second-order valence-electron chi connectivity index (χ2n) is 7.10. The van der Waals surface area contributed by atoms with E-state index in [9.17, 15) is 13.6 Å². The quantitative estimate of drug-likeness (QED) is 0.813. The molecule has 0 aliphatic rings. The first kappa shape index (κ1) is 19.9. The summed E-state index contributed by atoms with van der Waals surface area (Å²) >= 11 is 0. The molecule has 7 heteroatoms. The van der Waals surface area contributed by atoms with Crippen molar-refractivity contribution in [3.8, 4) is 0 Å². The fourth-order valence-electron chi connectivity index (χ4n) is 2.64. The minimum Gasteiger partial charge on any atom is -0.336 e. The van der Waals surface area contributed by atoms with Gasteiger partial charge < -0.3 is 14.8 Å². The van der Waals surface area contributed by atoms with E-state index in [0.29, 0.717) is 36.9 Å². The molecule has 0 saturated carbocycles. The topological polar surface area (TPSA) is 50.2 Å². The van der Waals surface area contributed by atoms with Gasteiger partial charge in [-0.05, 0) is 37.5 Å². The zero-order valence-corrected chi connectivity index (χ0v) is 15.7. The molecule has 1 heterocycles. The lowest BCUT2D eigenvalue weighted by molar-refractivity contribution is 0.183. The van der Waals surface area contributed by atoms with Gasteiger partial charge in [-0.2, -0.15) is 0 Å². The Kier molecular flexibility index (Phi) is 6.71. The van der Waals surface area contributed by atoms with E-state index < -0.39 is 11.6 Å². The van der Waals surface area contributed by atoms with Crippen LogP contribution in [0.5, 0.6) is 0 Å². The summed E-state index contributed by atoms with van der Waals surface area (Å²) in [4.78, 5) is 18.5. The highest BCUT2D eigenvalue weighted by Crippen LogP contribution is 2.13. The molecule has 26 heavy (non-hydrogen) atoms. The van der Waals surface area contributed by atoms with Crippen LogP contribution in [-0.2, 0) is 13.1 Å². The zero-order valence-electron chi connectivity index (χ0n) is 15.7. The lowest BCUT2D eigenvalue weighted by Gasteiger charge is -2.26. The summed E-state index contributed by atoms with van der Waals surface area (Å²) < 4.78 is 28.4. The van der Waals surface area contributed by atoms with Crippen molar-refractivity contribution in [3.05, 3.63) is 53.6 Å². The van der Waals surface area contributed by atoms with Crippen molar-refractivity contribution in [1.29, 1.82) is 0 Å². The van der Waals surface area contributed by atoms with Crippen molar-refractivity contribution in [1.82, 2.24) is 19.8 Å². The van der Waals surface area contributed by atoms with Crippen LogP contribution in [-0.4, -0.2) is 33.1 Å². The summed E-state index contributed by atoms with van der Waals surface area (Å²) in [5, 5.41) is 2.90. The summed E-state index contributed by atoms with van der Waals surface area (Å²) in [6.07, 6.45) is 3.41. The number of urea groups is 1. The van der Waals surface area contributed by atoms with E-state index in [-0.39, 0.29) is 12.1 Å². The van der Waals surface area contributed by atoms with Gasteiger partial charge in [0.15, 0.2) is 11.6 Å². The first-order chi connectivity index (χ1) is 12.3. The Morgan fingerprint density at radius 3 is 2.58 bits per heavy atom. The van der Waals surface area contributed by atoms with Crippen LogP contribution >= 0.6 is 0 Å². The van der Waals surface area contributed by atoms with E-state index in [2.05, 4.69) is 10.3 Å². The fraction of sp³-hybridized carbons (Fsp3) is 0.474. The molecule has 1 aromatic heterocycles. The molecule has 1 aromatic carbocycles. The minimum atomic E-state index is -0.873. The number of aromatic nitrogens is 2. The van der Waals surface area contributed by atoms with Gasteiger partial charge in [0.05, 0.1) is 6.54 Å². The van der Waals surface area contributed by atoms with E-state index in [1.54, 1.807) is 23.4 Å². The molecule has 0 fully saturated rings. The van der Waals surface area contributed by atoms with E-state index in [1.807, 2.05) is 32.3 Å². The number of rotatable bonds is 7. The van der Waals surface area contributed by atoms with Gasteiger partial charge >= 0.3 is 6.03 Å². The predicted molar refractivity (Wildman–Crippen MR) is 96.6 cm³/mol. The molecule has 0 aliphatic carbocycles. The third-order valence-corrected chi connectivity index (χ3v) is 3.76. The summed E-state index contributed by atoms with van der Waals surface area (Å²) in [7, 11) is 0. The van der Waals surface area contributed by atoms with E-state index in [4.69, 9.17) is 0 Å². The molecule has 0 saturated heterocycles. The lowest BCUT2D eigenvalue weighted by Crippen LogP contribution is -2.44. The van der Waals surface area contributed by atoms with Crippen LogP contribution in [0.4, 0.5) is 13.6 Å². The molecule has 2 aromatic rings. The van der Waals surface area contributed by atoms with E-state index in [0.717, 1.165) is 6.07 Å². The van der Waals surface area contributed by atoms with Crippen LogP contribution < -0.4 is 5.32 Å². The van der Waals surface area contributed by atoms with Gasteiger partial charge in [-0.15, -0.1) is 0 Å². The number of imidazole rings is 1. The molecule has 2 rings (SSSR count). The average molecular weight is 364 g/mol. The highest BCUT2D eigenvalue weighted by molar-refractivity contribution is 5.74. The lowest BCUT2D eigenvalue weighted by atomic mass is 10.2. The molecule has 0 atom stereocenters. The van der Waals surface area contributed by atoms with Crippen molar-refractivity contribution in [2.75, 3.05) is 6.54 Å². The van der Waals surface area contributed by atoms with Gasteiger partial charge in [-0.25, -0.2) is 18.6 Å². The SMILES string of the molecule is CC(C)CN(Cc1nccn1Cc1ccc(F)c(F)c1)C(=O)NC(C)C. The Morgan fingerprint density at radius 2 is 1.96 bits per heavy atom. The first-order valence-electron chi connectivity index (χ1n) is 8.75. The summed E-state index contributed by atoms with van der Waals surface area (Å²) in [5.74, 6) is -0.744. The summed E-state index contributed by atoms with van der Waals surface area (Å²) in [6, 6.07) is 3.73. The van der Waals surface area contributed by atoms with Crippen LogP contribution in [0.15, 0.2) is 30.6 Å². The molecule has 0 bridgehead atoms. The summed E-state index contributed by atoms with van der Waals surface area (Å²) in [6.45, 7) is 9.20. The van der Waals surface area contributed by atoms with Crippen molar-refractivity contribution >= 4 is 6.03 Å². The Morgan fingerprint density at radius 1 is 1.23 bits per heavy atom. The number of carbonyl (C=O) groups excluding carboxylic acids is 1. The fourth-order valence-corrected chi connectivity index (χ4v) is 2.64. The Labute approximate surface area is 153 Å². The molecule has 1 N–H and O–H groups in total. The maximum Gasteiger partial charge on any atom is 0.318 e. The van der Waals surface area contributed by atoms with Gasteiger partial charge in [0.2, 0.25) is 0 Å². The van der Waals surface area contributed by atoms with Crippen LogP contribution in [0.25, 0.3) is 0 Å². The highest BCUT2D eigenvalue weighted by atomic mass is 19.2. The van der Waals surface area contributed by atoms with E-state index >= 15 is 0 Å². The van der Waals surface area contributed by atoms with Gasteiger partial charge in [-0.3, -0.25) is 0 Å². The Hall–Kier alpha value is -2.44. The maximum atomic E-state index is 13.4. The van der Waals surface area contributed by atoms with Gasteiger partial charge in [-0.1, -0.05) is 19.9 Å². The standard InChI is InChI=1S/C19H26F2N4O/c1-13(2)10-25(19(26)23-14(3)4)12-18-22-7-8-24(18)11-15-5-6-16(20)17(21)9-15/h5-9,13-14H,10-12H2,1-4H3,(H,23,26). The zero-order chi connectivity index (χ0) is 19.3. The third kappa shape index (κ3) is 5.54. The van der Waals surface area contributed by atoms with Gasteiger partial charge in [0.1, 0.15) is 5.82 Å². The molecule has 0 radical (unpaired) electrons. The molecule has 2 amide bonds. The second-order valence-corrected chi connectivity index (χ2v) is 7.10. The van der Waals surface area contributed by atoms with Crippen LogP contribution in [0.3, 0.4) is 0 Å². The van der Waals surface area contributed by atoms with Crippen LogP contribution in [0.2, 0.25) is 0 Å². The molecule has 0 spiro atoms. The van der Waals surface area contributed by atoms with Crippen molar-refractivity contribution in [3.63, 3.8) is 0 Å². The number of hydrogen-bond acceptors (Lipinski definition) is 2. The third-order valence-electron chi connectivity index (χ3n) is 3.76. The van der Waals surface area contributed by atoms with Gasteiger partial charge in [0.25, 0.3) is 0 Å². The van der Waals surface area contributed by atoms with Crippen molar-refractivity contribution in [2.45, 2.75) is 46.8 Å². The number of nitrogens with zero attached hydrogens (tertiary/aromatic N) is 3. The number of amides is 2. The number of hydrogen-bond donors (Lipinski definition) is 1. The number of halogens is 2.